The number of rotatable bonds is 4. The van der Waals surface area contributed by atoms with Gasteiger partial charge in [-0.25, -0.2) is 4.68 Å². The fourth-order valence-electron chi connectivity index (χ4n) is 2.08. The molecule has 0 aliphatic heterocycles. The fraction of sp³-hybridized carbons (Fsp3) is 0.0625. The number of hydrogen-bond acceptors (Lipinski definition) is 4. The molecule has 0 amide bonds. The van der Waals surface area contributed by atoms with Crippen molar-refractivity contribution in [3.8, 4) is 11.4 Å². The van der Waals surface area contributed by atoms with Crippen molar-refractivity contribution in [2.45, 2.75) is 11.1 Å². The Kier molecular flexibility index (Phi) is 4.25. The maximum atomic E-state index is 12.7. The summed E-state index contributed by atoms with van der Waals surface area (Å²) < 4.78 is 69.0. The van der Waals surface area contributed by atoms with Gasteiger partial charge in [0.1, 0.15) is 10.6 Å². The van der Waals surface area contributed by atoms with E-state index in [1.807, 2.05) is 0 Å². The average molecular weight is 368 g/mol. The minimum atomic E-state index is -4.64. The Labute approximate surface area is 141 Å². The van der Waals surface area contributed by atoms with Gasteiger partial charge in [-0.15, -0.1) is 0 Å². The third-order valence-corrected chi connectivity index (χ3v) is 4.50. The predicted molar refractivity (Wildman–Crippen MR) is 82.8 cm³/mol. The van der Waals surface area contributed by atoms with Gasteiger partial charge in [0.25, 0.3) is 0 Å². The molecule has 0 radical (unpaired) electrons. The van der Waals surface area contributed by atoms with Crippen LogP contribution < -0.4 is 4.18 Å². The van der Waals surface area contributed by atoms with Crippen molar-refractivity contribution in [2.75, 3.05) is 0 Å². The highest BCUT2D eigenvalue weighted by molar-refractivity contribution is 7.87. The number of benzene rings is 2. The molecule has 0 spiro atoms. The van der Waals surface area contributed by atoms with Crippen LogP contribution in [-0.4, -0.2) is 18.2 Å². The van der Waals surface area contributed by atoms with E-state index in [-0.39, 0.29) is 5.75 Å². The molecule has 0 fully saturated rings. The molecule has 3 aromatic rings. The number of aromatic nitrogens is 2. The highest BCUT2D eigenvalue weighted by Gasteiger charge is 2.32. The molecular formula is C16H11F3N2O3S. The summed E-state index contributed by atoms with van der Waals surface area (Å²) in [6.45, 7) is 0. The Balaban J connectivity index is 1.84. The van der Waals surface area contributed by atoms with Crippen molar-refractivity contribution < 1.29 is 25.8 Å². The lowest BCUT2D eigenvalue weighted by molar-refractivity contribution is -0.137. The van der Waals surface area contributed by atoms with E-state index in [0.29, 0.717) is 11.8 Å². The fourth-order valence-corrected chi connectivity index (χ4v) is 3.06. The third-order valence-electron chi connectivity index (χ3n) is 3.26. The van der Waals surface area contributed by atoms with Gasteiger partial charge < -0.3 is 4.18 Å². The Morgan fingerprint density at radius 2 is 1.72 bits per heavy atom. The van der Waals surface area contributed by atoms with Crippen LogP contribution in [0.4, 0.5) is 13.2 Å². The van der Waals surface area contributed by atoms with Crippen LogP contribution in [0.3, 0.4) is 0 Å². The van der Waals surface area contributed by atoms with Crippen molar-refractivity contribution in [3.63, 3.8) is 0 Å². The number of hydrogen-bond donors (Lipinski definition) is 0. The molecule has 0 aliphatic rings. The normalized spacial score (nSPS) is 12.1. The second-order valence-electron chi connectivity index (χ2n) is 5.01. The van der Waals surface area contributed by atoms with Gasteiger partial charge in [-0.05, 0) is 48.5 Å². The van der Waals surface area contributed by atoms with Crippen molar-refractivity contribution in [1.82, 2.24) is 9.78 Å². The molecule has 3 rings (SSSR count). The smallest absolute Gasteiger partial charge is 0.379 e. The van der Waals surface area contributed by atoms with E-state index in [1.54, 1.807) is 35.3 Å². The van der Waals surface area contributed by atoms with Crippen molar-refractivity contribution in [2.24, 2.45) is 0 Å². The summed E-state index contributed by atoms with van der Waals surface area (Å²) >= 11 is 0. The zero-order valence-corrected chi connectivity index (χ0v) is 13.3. The van der Waals surface area contributed by atoms with Crippen LogP contribution >= 0.6 is 0 Å². The molecule has 2 aromatic carbocycles. The summed E-state index contributed by atoms with van der Waals surface area (Å²) in [5.41, 5.74) is -0.389. The summed E-state index contributed by atoms with van der Waals surface area (Å²) in [4.78, 5) is -0.571. The van der Waals surface area contributed by atoms with Gasteiger partial charge in [0.2, 0.25) is 0 Å². The van der Waals surface area contributed by atoms with E-state index in [1.165, 1.54) is 12.1 Å². The van der Waals surface area contributed by atoms with E-state index in [9.17, 15) is 21.6 Å². The molecule has 0 bridgehead atoms. The monoisotopic (exact) mass is 368 g/mol. The lowest BCUT2D eigenvalue weighted by Crippen LogP contribution is -2.12. The molecule has 0 saturated carbocycles. The highest BCUT2D eigenvalue weighted by atomic mass is 32.2. The van der Waals surface area contributed by atoms with Crippen LogP contribution in [0.2, 0.25) is 0 Å². The molecule has 5 nitrogen and oxygen atoms in total. The van der Waals surface area contributed by atoms with Crippen LogP contribution in [0, 0.1) is 0 Å². The minimum absolute atomic E-state index is 0.0201. The van der Waals surface area contributed by atoms with Gasteiger partial charge in [-0.3, -0.25) is 0 Å². The highest BCUT2D eigenvalue weighted by Crippen LogP contribution is 2.31. The zero-order chi connectivity index (χ0) is 18.1. The van der Waals surface area contributed by atoms with Crippen LogP contribution in [0.5, 0.6) is 5.75 Å². The van der Waals surface area contributed by atoms with Gasteiger partial charge in [-0.1, -0.05) is 6.07 Å². The summed E-state index contributed by atoms with van der Waals surface area (Å²) in [7, 11) is -4.39. The van der Waals surface area contributed by atoms with E-state index in [0.717, 1.165) is 18.2 Å². The molecule has 0 N–H and O–H groups in total. The number of nitrogens with zero attached hydrogens (tertiary/aromatic N) is 2. The third kappa shape index (κ3) is 3.82. The molecule has 0 aliphatic carbocycles. The van der Waals surface area contributed by atoms with Crippen LogP contribution in [0.25, 0.3) is 5.69 Å². The second kappa shape index (κ2) is 6.25. The molecule has 1 heterocycles. The zero-order valence-electron chi connectivity index (χ0n) is 12.5. The Bertz CT molecular complexity index is 967. The van der Waals surface area contributed by atoms with Gasteiger partial charge in [0, 0.05) is 12.4 Å². The first-order valence-electron chi connectivity index (χ1n) is 6.97. The van der Waals surface area contributed by atoms with Gasteiger partial charge in [0.05, 0.1) is 11.3 Å². The number of halogens is 3. The summed E-state index contributed by atoms with van der Waals surface area (Å²) in [5.74, 6) is -0.0201. The molecule has 1 aromatic heterocycles. The van der Waals surface area contributed by atoms with Crippen molar-refractivity contribution in [3.05, 3.63) is 72.6 Å². The van der Waals surface area contributed by atoms with Crippen molar-refractivity contribution in [1.29, 1.82) is 0 Å². The Morgan fingerprint density at radius 3 is 2.32 bits per heavy atom. The van der Waals surface area contributed by atoms with Crippen LogP contribution in [-0.2, 0) is 16.3 Å². The van der Waals surface area contributed by atoms with E-state index in [4.69, 9.17) is 4.18 Å². The maximum absolute atomic E-state index is 12.7. The average Bonchev–Trinajstić information content (AvgIpc) is 3.09. The minimum Gasteiger partial charge on any atom is -0.379 e. The second-order valence-corrected chi connectivity index (χ2v) is 6.55. The van der Waals surface area contributed by atoms with E-state index >= 15 is 0 Å². The lowest BCUT2D eigenvalue weighted by Gasteiger charge is -2.10. The summed E-state index contributed by atoms with van der Waals surface area (Å²) in [5, 5.41) is 4.02. The quantitative estimate of drug-likeness (QED) is 0.660. The molecule has 0 atom stereocenters. The molecule has 130 valence electrons. The first kappa shape index (κ1) is 17.0. The molecule has 0 saturated heterocycles. The van der Waals surface area contributed by atoms with Crippen molar-refractivity contribution >= 4 is 10.1 Å². The standard InChI is InChI=1S/C16H11F3N2O3S/c17-16(18,19)12-3-1-4-15(11-12)25(22,23)24-14-7-5-13(6-8-14)21-10-2-9-20-21/h1-11H. The Hall–Kier alpha value is -2.81. The first-order valence-corrected chi connectivity index (χ1v) is 8.38. The topological polar surface area (TPSA) is 61.2 Å². The van der Waals surface area contributed by atoms with Crippen LogP contribution in [0.15, 0.2) is 71.9 Å². The number of alkyl halides is 3. The Morgan fingerprint density at radius 1 is 1.00 bits per heavy atom. The molecule has 9 heteroatoms. The first-order chi connectivity index (χ1) is 11.8. The van der Waals surface area contributed by atoms with E-state index < -0.39 is 26.8 Å². The largest absolute Gasteiger partial charge is 0.416 e. The van der Waals surface area contributed by atoms with Gasteiger partial charge in [0.15, 0.2) is 0 Å². The van der Waals surface area contributed by atoms with E-state index in [2.05, 4.69) is 5.10 Å². The molecular weight excluding hydrogens is 357 g/mol. The van der Waals surface area contributed by atoms with Gasteiger partial charge in [-0.2, -0.15) is 26.7 Å². The van der Waals surface area contributed by atoms with Crippen LogP contribution in [0.1, 0.15) is 5.56 Å². The SMILES string of the molecule is O=S(=O)(Oc1ccc(-n2cccn2)cc1)c1cccc(C(F)(F)F)c1. The lowest BCUT2D eigenvalue weighted by atomic mass is 10.2. The summed E-state index contributed by atoms with van der Waals surface area (Å²) in [6, 6.07) is 11.0. The summed E-state index contributed by atoms with van der Waals surface area (Å²) in [6.07, 6.45) is -1.35. The van der Waals surface area contributed by atoms with Gasteiger partial charge >= 0.3 is 16.3 Å². The maximum Gasteiger partial charge on any atom is 0.416 e. The molecule has 25 heavy (non-hydrogen) atoms. The predicted octanol–water partition coefficient (Wildman–Crippen LogP) is 3.66. The molecule has 0 unspecified atom stereocenters.